The second-order valence-electron chi connectivity index (χ2n) is 20.0. The first kappa shape index (κ1) is 44.0. The Morgan fingerprint density at radius 1 is 0.289 bits per heavy atom. The predicted molar refractivity (Wildman–Crippen MR) is 322 cm³/mol. The van der Waals surface area contributed by atoms with Crippen LogP contribution in [0.3, 0.4) is 0 Å². The van der Waals surface area contributed by atoms with E-state index in [0.29, 0.717) is 0 Å². The summed E-state index contributed by atoms with van der Waals surface area (Å²) in [5.41, 5.74) is 21.1. The van der Waals surface area contributed by atoms with Gasteiger partial charge in [0.1, 0.15) is 0 Å². The summed E-state index contributed by atoms with van der Waals surface area (Å²) < 4.78 is 5.03. The number of anilines is 3. The number of aromatic nitrogens is 1. The zero-order valence-corrected chi connectivity index (χ0v) is 42.3. The van der Waals surface area contributed by atoms with Gasteiger partial charge in [-0.25, -0.2) is 0 Å². The fraction of sp³-hybridized carbons (Fsp3) is 0.0137. The molecular weight excluding hydrogens is 937 g/mol. The smallest absolute Gasteiger partial charge is 0.0713 e. The molecule has 0 amide bonds. The molecule has 0 spiro atoms. The van der Waals surface area contributed by atoms with Crippen LogP contribution in [-0.4, -0.2) is 4.57 Å². The molecule has 356 valence electrons. The third-order valence-electron chi connectivity index (χ3n) is 15.9. The summed E-state index contributed by atoms with van der Waals surface area (Å²) in [5, 5.41) is 5.18. The van der Waals surface area contributed by atoms with Crippen LogP contribution in [0, 0.1) is 0 Å². The van der Waals surface area contributed by atoms with E-state index in [1.54, 1.807) is 0 Å². The lowest BCUT2D eigenvalue weighted by molar-refractivity contribution is 0.768. The quantitative estimate of drug-likeness (QED) is 0.140. The molecule has 12 aromatic carbocycles. The molecule has 2 nitrogen and oxygen atoms in total. The number of hydrogen-bond donors (Lipinski definition) is 0. The van der Waals surface area contributed by atoms with Crippen LogP contribution in [0.15, 0.2) is 291 Å². The highest BCUT2D eigenvalue weighted by Gasteiger charge is 2.46. The maximum atomic E-state index is 2.42. The molecule has 76 heavy (non-hydrogen) atoms. The highest BCUT2D eigenvalue weighted by molar-refractivity contribution is 7.25. The Labute approximate surface area is 446 Å². The van der Waals surface area contributed by atoms with Crippen molar-refractivity contribution in [2.24, 2.45) is 0 Å². The molecular formula is C73H48N2S. The average molecular weight is 985 g/mol. The monoisotopic (exact) mass is 984 g/mol. The molecule has 0 aliphatic heterocycles. The van der Waals surface area contributed by atoms with Gasteiger partial charge in [0.2, 0.25) is 0 Å². The molecule has 1 aliphatic carbocycles. The lowest BCUT2D eigenvalue weighted by Gasteiger charge is -2.34. The standard InChI is InChI=1S/C73H48N2S/c1-3-15-55(16-4-1)73(56-17-5-2-6-18-56)67-23-11-7-19-61(67)65-48-60(44-45-68(65)73)74(57-38-31-50(32-39-57)49-27-29-53(30-28-49)54-37-46-72-66(47-54)64-22-10-14-26-71(64)76-72)58-40-33-51(34-41-58)52-35-42-59(43-36-52)75-69-24-12-8-20-62(69)63-21-9-13-25-70(63)75/h1-48H. The first-order chi connectivity index (χ1) is 37.7. The second-order valence-corrected chi connectivity index (χ2v) is 21.1. The first-order valence-electron chi connectivity index (χ1n) is 26.1. The van der Waals surface area contributed by atoms with Gasteiger partial charge in [-0.2, -0.15) is 0 Å². The molecule has 0 saturated heterocycles. The molecule has 2 aromatic heterocycles. The molecule has 2 heterocycles. The van der Waals surface area contributed by atoms with Gasteiger partial charge in [-0.05, 0) is 146 Å². The van der Waals surface area contributed by atoms with Crippen LogP contribution in [0.5, 0.6) is 0 Å². The largest absolute Gasteiger partial charge is 0.310 e. The van der Waals surface area contributed by atoms with Crippen molar-refractivity contribution in [3.8, 4) is 50.2 Å². The second kappa shape index (κ2) is 17.8. The third-order valence-corrected chi connectivity index (χ3v) is 17.1. The number of hydrogen-bond acceptors (Lipinski definition) is 2. The number of thiophene rings is 1. The Balaban J connectivity index is 0.812. The number of rotatable bonds is 9. The Bertz CT molecular complexity index is 4380. The summed E-state index contributed by atoms with van der Waals surface area (Å²) in [5.74, 6) is 0. The minimum Gasteiger partial charge on any atom is -0.310 e. The van der Waals surface area contributed by atoms with E-state index in [1.807, 2.05) is 11.3 Å². The van der Waals surface area contributed by atoms with Crippen molar-refractivity contribution < 1.29 is 0 Å². The lowest BCUT2D eigenvalue weighted by atomic mass is 9.68. The van der Waals surface area contributed by atoms with Crippen molar-refractivity contribution in [2.45, 2.75) is 5.41 Å². The number of fused-ring (bicyclic) bond motifs is 9. The van der Waals surface area contributed by atoms with E-state index in [-0.39, 0.29) is 0 Å². The summed E-state index contributed by atoms with van der Waals surface area (Å²) in [4.78, 5) is 2.42. The lowest BCUT2D eigenvalue weighted by Crippen LogP contribution is -2.28. The zero-order valence-electron chi connectivity index (χ0n) is 41.5. The van der Waals surface area contributed by atoms with Gasteiger partial charge in [0.25, 0.3) is 0 Å². The highest BCUT2D eigenvalue weighted by atomic mass is 32.1. The van der Waals surface area contributed by atoms with Crippen LogP contribution >= 0.6 is 11.3 Å². The molecule has 1 aliphatic rings. The summed E-state index contributed by atoms with van der Waals surface area (Å²) in [6.07, 6.45) is 0. The fourth-order valence-corrected chi connectivity index (χ4v) is 13.5. The fourth-order valence-electron chi connectivity index (χ4n) is 12.4. The number of nitrogens with zero attached hydrogens (tertiary/aromatic N) is 2. The SMILES string of the molecule is c1ccc(C2(c3ccccc3)c3ccccc3-c3cc(N(c4ccc(-c5ccc(-c6ccc7sc8ccccc8c7c6)cc5)cc4)c4ccc(-c5ccc(-n6c7ccccc7c7ccccc76)cc5)cc4)ccc32)cc1. The molecule has 0 radical (unpaired) electrons. The molecule has 0 atom stereocenters. The van der Waals surface area contributed by atoms with Crippen LogP contribution in [0.4, 0.5) is 17.1 Å². The third kappa shape index (κ3) is 7.01. The molecule has 0 bridgehead atoms. The Morgan fingerprint density at radius 3 is 1.33 bits per heavy atom. The van der Waals surface area contributed by atoms with Crippen molar-refractivity contribution in [3.63, 3.8) is 0 Å². The van der Waals surface area contributed by atoms with Crippen molar-refractivity contribution in [1.82, 2.24) is 4.57 Å². The van der Waals surface area contributed by atoms with Crippen LogP contribution in [0.2, 0.25) is 0 Å². The Hall–Kier alpha value is -9.54. The van der Waals surface area contributed by atoms with Gasteiger partial charge >= 0.3 is 0 Å². The van der Waals surface area contributed by atoms with Crippen LogP contribution in [-0.2, 0) is 5.41 Å². The van der Waals surface area contributed by atoms with Crippen LogP contribution < -0.4 is 4.90 Å². The Morgan fingerprint density at radius 2 is 0.724 bits per heavy atom. The summed E-state index contributed by atoms with van der Waals surface area (Å²) >= 11 is 1.86. The number of para-hydroxylation sites is 2. The number of benzene rings is 12. The molecule has 14 aromatic rings. The molecule has 0 unspecified atom stereocenters. The van der Waals surface area contributed by atoms with Gasteiger partial charge in [0.05, 0.1) is 16.4 Å². The first-order valence-corrected chi connectivity index (χ1v) is 27.0. The molecule has 0 saturated carbocycles. The van der Waals surface area contributed by atoms with Gasteiger partial charge < -0.3 is 9.47 Å². The van der Waals surface area contributed by atoms with Crippen LogP contribution in [0.1, 0.15) is 22.3 Å². The van der Waals surface area contributed by atoms with E-state index < -0.39 is 5.41 Å². The summed E-state index contributed by atoms with van der Waals surface area (Å²) in [6, 6.07) is 107. The van der Waals surface area contributed by atoms with Gasteiger partial charge in [-0.15, -0.1) is 11.3 Å². The molecule has 0 N–H and O–H groups in total. The van der Waals surface area contributed by atoms with E-state index in [0.717, 1.165) is 22.7 Å². The van der Waals surface area contributed by atoms with E-state index in [9.17, 15) is 0 Å². The van der Waals surface area contributed by atoms with E-state index in [1.165, 1.54) is 109 Å². The topological polar surface area (TPSA) is 8.17 Å². The zero-order chi connectivity index (χ0) is 50.2. The van der Waals surface area contributed by atoms with E-state index in [2.05, 4.69) is 301 Å². The summed E-state index contributed by atoms with van der Waals surface area (Å²) in [6.45, 7) is 0. The molecule has 15 rings (SSSR count). The van der Waals surface area contributed by atoms with Crippen LogP contribution in [0.25, 0.3) is 92.2 Å². The van der Waals surface area contributed by atoms with Crippen molar-refractivity contribution in [2.75, 3.05) is 4.90 Å². The van der Waals surface area contributed by atoms with Crippen molar-refractivity contribution in [3.05, 3.63) is 313 Å². The maximum absolute atomic E-state index is 2.42. The molecule has 3 heteroatoms. The molecule has 0 fully saturated rings. The Kier molecular flexibility index (Phi) is 10.3. The maximum Gasteiger partial charge on any atom is 0.0713 e. The van der Waals surface area contributed by atoms with Gasteiger partial charge in [0, 0.05) is 53.7 Å². The predicted octanol–water partition coefficient (Wildman–Crippen LogP) is 20.0. The van der Waals surface area contributed by atoms with E-state index in [4.69, 9.17) is 0 Å². The van der Waals surface area contributed by atoms with Gasteiger partial charge in [-0.1, -0.05) is 212 Å². The van der Waals surface area contributed by atoms with Crippen molar-refractivity contribution >= 4 is 70.4 Å². The van der Waals surface area contributed by atoms with Gasteiger partial charge in [-0.3, -0.25) is 0 Å². The normalized spacial score (nSPS) is 12.6. The highest BCUT2D eigenvalue weighted by Crippen LogP contribution is 2.57. The van der Waals surface area contributed by atoms with E-state index >= 15 is 0 Å². The minimum absolute atomic E-state index is 0.473. The minimum atomic E-state index is -0.473. The summed E-state index contributed by atoms with van der Waals surface area (Å²) in [7, 11) is 0. The van der Waals surface area contributed by atoms with Crippen molar-refractivity contribution in [1.29, 1.82) is 0 Å². The van der Waals surface area contributed by atoms with Gasteiger partial charge in [0.15, 0.2) is 0 Å². The average Bonchev–Trinajstić information content (AvgIpc) is 4.18.